The first-order valence-electron chi connectivity index (χ1n) is 8.25. The molecule has 1 aromatic rings. The third-order valence-electron chi connectivity index (χ3n) is 5.51. The van der Waals surface area contributed by atoms with Crippen LogP contribution in [0.2, 0.25) is 0 Å². The molecule has 1 aliphatic heterocycles. The van der Waals surface area contributed by atoms with Gasteiger partial charge in [0.25, 0.3) is 0 Å². The molecule has 1 N–H and O–H groups in total. The summed E-state index contributed by atoms with van der Waals surface area (Å²) in [6.07, 6.45) is 5.30. The van der Waals surface area contributed by atoms with Gasteiger partial charge in [0.05, 0.1) is 16.7 Å². The Morgan fingerprint density at radius 3 is 2.57 bits per heavy atom. The van der Waals surface area contributed by atoms with E-state index < -0.39 is 0 Å². The largest absolute Gasteiger partial charge is 0.387 e. The van der Waals surface area contributed by atoms with Gasteiger partial charge in [0.1, 0.15) is 0 Å². The van der Waals surface area contributed by atoms with Crippen molar-refractivity contribution in [3.63, 3.8) is 0 Å². The van der Waals surface area contributed by atoms with Crippen LogP contribution in [0.25, 0.3) is 0 Å². The van der Waals surface area contributed by atoms with Gasteiger partial charge >= 0.3 is 0 Å². The van der Waals surface area contributed by atoms with Crippen LogP contribution < -0.4 is 4.90 Å². The Balaban J connectivity index is 1.77. The highest BCUT2D eigenvalue weighted by Crippen LogP contribution is 2.45. The zero-order valence-electron chi connectivity index (χ0n) is 13.8. The van der Waals surface area contributed by atoms with Gasteiger partial charge in [-0.05, 0) is 36.5 Å². The number of hydrogen-bond acceptors (Lipinski definition) is 4. The topological polar surface area (TPSA) is 36.4 Å². The molecule has 2 heterocycles. The fraction of sp³-hybridized carbons (Fsp3) is 0.824. The zero-order valence-corrected chi connectivity index (χ0v) is 14.6. The van der Waals surface area contributed by atoms with Crippen LogP contribution in [-0.2, 0) is 6.42 Å². The number of aliphatic hydroxyl groups is 1. The lowest BCUT2D eigenvalue weighted by Gasteiger charge is -2.38. The summed E-state index contributed by atoms with van der Waals surface area (Å²) in [6, 6.07) is 0. The minimum Gasteiger partial charge on any atom is -0.387 e. The molecule has 1 fully saturated rings. The van der Waals surface area contributed by atoms with Gasteiger partial charge in [0.15, 0.2) is 5.13 Å². The van der Waals surface area contributed by atoms with Crippen molar-refractivity contribution in [3.8, 4) is 0 Å². The van der Waals surface area contributed by atoms with Crippen molar-refractivity contribution in [1.82, 2.24) is 4.98 Å². The number of aliphatic hydroxyl groups excluding tert-OH is 1. The molecule has 1 atom stereocenters. The minimum atomic E-state index is -0.319. The molecule has 2 aliphatic rings. The van der Waals surface area contributed by atoms with Crippen LogP contribution in [-0.4, -0.2) is 23.2 Å². The lowest BCUT2D eigenvalue weighted by molar-refractivity contribution is 0.102. The Kier molecular flexibility index (Phi) is 3.81. The van der Waals surface area contributed by atoms with E-state index in [-0.39, 0.29) is 11.5 Å². The second-order valence-electron chi connectivity index (χ2n) is 8.02. The normalized spacial score (nSPS) is 27.5. The monoisotopic (exact) mass is 308 g/mol. The number of rotatable bonds is 2. The number of anilines is 1. The van der Waals surface area contributed by atoms with Crippen molar-refractivity contribution in [2.75, 3.05) is 18.0 Å². The highest BCUT2D eigenvalue weighted by molar-refractivity contribution is 7.15. The molecule has 0 saturated carbocycles. The Morgan fingerprint density at radius 2 is 1.95 bits per heavy atom. The molecular formula is C17H28N2OS. The second-order valence-corrected chi connectivity index (χ2v) is 9.03. The first kappa shape index (κ1) is 15.3. The van der Waals surface area contributed by atoms with Crippen molar-refractivity contribution >= 4 is 16.5 Å². The number of hydrogen-bond donors (Lipinski definition) is 1. The highest BCUT2D eigenvalue weighted by Gasteiger charge is 2.36. The fourth-order valence-electron chi connectivity index (χ4n) is 3.61. The van der Waals surface area contributed by atoms with Gasteiger partial charge in [-0.2, -0.15) is 0 Å². The maximum atomic E-state index is 10.4. The van der Waals surface area contributed by atoms with E-state index in [0.29, 0.717) is 5.41 Å². The molecule has 3 rings (SSSR count). The lowest BCUT2D eigenvalue weighted by Crippen LogP contribution is -2.38. The molecule has 21 heavy (non-hydrogen) atoms. The fourth-order valence-corrected chi connectivity index (χ4v) is 4.73. The summed E-state index contributed by atoms with van der Waals surface area (Å²) >= 11 is 1.72. The molecule has 0 amide bonds. The maximum absolute atomic E-state index is 10.4. The van der Waals surface area contributed by atoms with E-state index in [2.05, 4.69) is 32.6 Å². The second kappa shape index (κ2) is 5.24. The first-order valence-corrected chi connectivity index (χ1v) is 9.06. The van der Waals surface area contributed by atoms with E-state index in [9.17, 15) is 5.11 Å². The quantitative estimate of drug-likeness (QED) is 0.891. The molecule has 3 nitrogen and oxygen atoms in total. The average molecular weight is 308 g/mol. The van der Waals surface area contributed by atoms with E-state index >= 15 is 0 Å². The van der Waals surface area contributed by atoms with Crippen molar-refractivity contribution in [1.29, 1.82) is 0 Å². The number of nitrogens with zero attached hydrogens (tertiary/aromatic N) is 2. The van der Waals surface area contributed by atoms with Gasteiger partial charge in [-0.3, -0.25) is 0 Å². The molecule has 0 aromatic carbocycles. The highest BCUT2D eigenvalue weighted by atomic mass is 32.1. The molecule has 4 heteroatoms. The molecule has 1 aliphatic carbocycles. The predicted molar refractivity (Wildman–Crippen MR) is 89.0 cm³/mol. The summed E-state index contributed by atoms with van der Waals surface area (Å²) in [5.41, 5.74) is 1.82. The van der Waals surface area contributed by atoms with Gasteiger partial charge in [-0.1, -0.05) is 45.5 Å². The number of aromatic nitrogens is 1. The van der Waals surface area contributed by atoms with Crippen molar-refractivity contribution in [2.45, 2.75) is 65.9 Å². The molecule has 0 spiro atoms. The van der Waals surface area contributed by atoms with Crippen molar-refractivity contribution < 1.29 is 5.11 Å². The Morgan fingerprint density at radius 1 is 1.29 bits per heavy atom. The predicted octanol–water partition coefficient (Wildman–Crippen LogP) is 4.17. The number of piperidine rings is 1. The average Bonchev–Trinajstić information content (AvgIpc) is 2.82. The molecule has 0 bridgehead atoms. The van der Waals surface area contributed by atoms with E-state index in [1.165, 1.54) is 19.3 Å². The Bertz CT molecular complexity index is 515. The molecule has 1 unspecified atom stereocenters. The van der Waals surface area contributed by atoms with Crippen LogP contribution in [0.4, 0.5) is 5.13 Å². The number of thiazole rings is 1. The van der Waals surface area contributed by atoms with Crippen LogP contribution in [0.3, 0.4) is 0 Å². The van der Waals surface area contributed by atoms with Gasteiger partial charge in [0, 0.05) is 13.1 Å². The van der Waals surface area contributed by atoms with E-state index in [1.807, 2.05) is 0 Å². The van der Waals surface area contributed by atoms with Crippen LogP contribution in [0.5, 0.6) is 0 Å². The first-order chi connectivity index (χ1) is 9.82. The summed E-state index contributed by atoms with van der Waals surface area (Å²) in [6.45, 7) is 11.4. The van der Waals surface area contributed by atoms with Gasteiger partial charge < -0.3 is 10.0 Å². The molecule has 1 saturated heterocycles. The summed E-state index contributed by atoms with van der Waals surface area (Å²) in [5.74, 6) is 0. The summed E-state index contributed by atoms with van der Waals surface area (Å²) in [7, 11) is 0. The third-order valence-corrected chi connectivity index (χ3v) is 6.77. The third kappa shape index (κ3) is 2.98. The Labute approximate surface area is 132 Å². The van der Waals surface area contributed by atoms with Crippen molar-refractivity contribution in [2.24, 2.45) is 10.8 Å². The van der Waals surface area contributed by atoms with E-state index in [0.717, 1.165) is 41.6 Å². The lowest BCUT2D eigenvalue weighted by atomic mass is 9.77. The molecule has 118 valence electrons. The zero-order chi connectivity index (χ0) is 15.3. The minimum absolute atomic E-state index is 0.167. The maximum Gasteiger partial charge on any atom is 0.185 e. The SMILES string of the molecule is CCC1(C)CCN(c2nc3c(s2)C(O)CC(C)(C)C3)CC1. The molecular weight excluding hydrogens is 280 g/mol. The van der Waals surface area contributed by atoms with E-state index in [4.69, 9.17) is 4.98 Å². The van der Waals surface area contributed by atoms with Crippen LogP contribution in [0.1, 0.15) is 70.1 Å². The van der Waals surface area contributed by atoms with Crippen LogP contribution in [0.15, 0.2) is 0 Å². The van der Waals surface area contributed by atoms with Gasteiger partial charge in [-0.15, -0.1) is 0 Å². The van der Waals surface area contributed by atoms with Crippen molar-refractivity contribution in [3.05, 3.63) is 10.6 Å². The summed E-state index contributed by atoms with van der Waals surface area (Å²) < 4.78 is 0. The standard InChI is InChI=1S/C17H28N2OS/c1-5-17(4)6-8-19(9-7-17)15-18-12-10-16(2,3)11-13(20)14(12)21-15/h13,20H,5-11H2,1-4H3. The van der Waals surface area contributed by atoms with Crippen LogP contribution >= 0.6 is 11.3 Å². The smallest absolute Gasteiger partial charge is 0.185 e. The van der Waals surface area contributed by atoms with Gasteiger partial charge in [-0.25, -0.2) is 4.98 Å². The summed E-state index contributed by atoms with van der Waals surface area (Å²) in [4.78, 5) is 8.43. The molecule has 0 radical (unpaired) electrons. The van der Waals surface area contributed by atoms with Gasteiger partial charge in [0.2, 0.25) is 0 Å². The Hall–Kier alpha value is -0.610. The van der Waals surface area contributed by atoms with Crippen LogP contribution in [0, 0.1) is 10.8 Å². The summed E-state index contributed by atoms with van der Waals surface area (Å²) in [5, 5.41) is 11.5. The number of fused-ring (bicyclic) bond motifs is 1. The van der Waals surface area contributed by atoms with E-state index in [1.54, 1.807) is 11.3 Å². The molecule has 1 aromatic heterocycles.